The summed E-state index contributed by atoms with van der Waals surface area (Å²) in [7, 11) is 0. The smallest absolute Gasteiger partial charge is 0.369 e. The van der Waals surface area contributed by atoms with Gasteiger partial charge in [0.15, 0.2) is 5.78 Å². The standard InChI is InChI=1S/C23H24F3N3O/c1-15-6-7-19-20(12-15)27-16(2)22(19)21(30)14-28-8-10-29(11-9-28)18-5-3-4-17(13-18)23(24,25)26/h3-7,12-13,27H,8-11,14H2,1-2H3. The van der Waals surface area contributed by atoms with Gasteiger partial charge in [0.2, 0.25) is 0 Å². The number of aromatic nitrogens is 1. The molecule has 158 valence electrons. The van der Waals surface area contributed by atoms with E-state index in [1.54, 1.807) is 6.07 Å². The molecule has 3 aromatic rings. The number of piperazine rings is 1. The van der Waals surface area contributed by atoms with Crippen LogP contribution in [-0.2, 0) is 6.18 Å². The molecule has 0 unspecified atom stereocenters. The molecule has 0 radical (unpaired) electrons. The topological polar surface area (TPSA) is 39.3 Å². The van der Waals surface area contributed by atoms with Crippen LogP contribution in [0.5, 0.6) is 0 Å². The van der Waals surface area contributed by atoms with Crippen molar-refractivity contribution in [2.45, 2.75) is 20.0 Å². The Hall–Kier alpha value is -2.80. The molecule has 2 heterocycles. The second-order valence-corrected chi connectivity index (χ2v) is 7.91. The molecule has 1 N–H and O–H groups in total. The molecule has 7 heteroatoms. The van der Waals surface area contributed by atoms with Gasteiger partial charge in [-0.15, -0.1) is 0 Å². The molecular formula is C23H24F3N3O. The molecule has 0 aliphatic carbocycles. The third kappa shape index (κ3) is 4.07. The summed E-state index contributed by atoms with van der Waals surface area (Å²) >= 11 is 0. The zero-order valence-electron chi connectivity index (χ0n) is 17.0. The average Bonchev–Trinajstić information content (AvgIpc) is 3.03. The number of fused-ring (bicyclic) bond motifs is 1. The number of aromatic amines is 1. The van der Waals surface area contributed by atoms with Crippen LogP contribution in [0.1, 0.15) is 27.2 Å². The first-order chi connectivity index (χ1) is 14.2. The molecule has 4 nitrogen and oxygen atoms in total. The summed E-state index contributed by atoms with van der Waals surface area (Å²) in [5.74, 6) is 0.0649. The van der Waals surface area contributed by atoms with Crippen molar-refractivity contribution >= 4 is 22.4 Å². The molecule has 0 spiro atoms. The number of ketones is 1. The number of carbonyl (C=O) groups is 1. The highest BCUT2D eigenvalue weighted by Crippen LogP contribution is 2.32. The van der Waals surface area contributed by atoms with Gasteiger partial charge >= 0.3 is 6.18 Å². The molecule has 0 amide bonds. The van der Waals surface area contributed by atoms with Crippen LogP contribution in [0.15, 0.2) is 42.5 Å². The molecule has 1 aromatic heterocycles. The molecule has 0 atom stereocenters. The van der Waals surface area contributed by atoms with E-state index in [1.807, 2.05) is 36.9 Å². The zero-order valence-corrected chi connectivity index (χ0v) is 17.0. The Morgan fingerprint density at radius 2 is 1.77 bits per heavy atom. The molecule has 1 saturated heterocycles. The number of hydrogen-bond acceptors (Lipinski definition) is 3. The fraction of sp³-hybridized carbons (Fsp3) is 0.348. The van der Waals surface area contributed by atoms with E-state index in [0.717, 1.165) is 33.8 Å². The largest absolute Gasteiger partial charge is 0.416 e. The fourth-order valence-electron chi connectivity index (χ4n) is 4.13. The summed E-state index contributed by atoms with van der Waals surface area (Å²) in [4.78, 5) is 20.3. The van der Waals surface area contributed by atoms with Crippen LogP contribution in [0.2, 0.25) is 0 Å². The van der Waals surface area contributed by atoms with Gasteiger partial charge in [0.1, 0.15) is 0 Å². The quantitative estimate of drug-likeness (QED) is 0.622. The molecule has 1 aliphatic heterocycles. The minimum atomic E-state index is -4.35. The highest BCUT2D eigenvalue weighted by molar-refractivity contribution is 6.10. The van der Waals surface area contributed by atoms with Crippen LogP contribution < -0.4 is 4.90 Å². The van der Waals surface area contributed by atoms with E-state index >= 15 is 0 Å². The summed E-state index contributed by atoms with van der Waals surface area (Å²) in [5, 5.41) is 0.936. The normalized spacial score (nSPS) is 15.7. The average molecular weight is 415 g/mol. The number of Topliss-reactive ketones (excluding diaryl/α,β-unsaturated/α-hetero) is 1. The molecule has 0 bridgehead atoms. The van der Waals surface area contributed by atoms with E-state index in [4.69, 9.17) is 0 Å². The van der Waals surface area contributed by atoms with Gasteiger partial charge < -0.3 is 9.88 Å². The molecular weight excluding hydrogens is 391 g/mol. The van der Waals surface area contributed by atoms with Crippen LogP contribution in [-0.4, -0.2) is 48.4 Å². The van der Waals surface area contributed by atoms with Crippen molar-refractivity contribution in [2.75, 3.05) is 37.6 Å². The lowest BCUT2D eigenvalue weighted by Gasteiger charge is -2.36. The van der Waals surface area contributed by atoms with Crippen molar-refractivity contribution in [1.29, 1.82) is 0 Å². The molecule has 1 fully saturated rings. The van der Waals surface area contributed by atoms with Crippen molar-refractivity contribution < 1.29 is 18.0 Å². The highest BCUT2D eigenvalue weighted by Gasteiger charge is 2.31. The Bertz CT molecular complexity index is 1080. The van der Waals surface area contributed by atoms with Crippen LogP contribution in [0.25, 0.3) is 10.9 Å². The van der Waals surface area contributed by atoms with E-state index in [2.05, 4.69) is 9.88 Å². The number of halogens is 3. The first-order valence-corrected chi connectivity index (χ1v) is 9.99. The van der Waals surface area contributed by atoms with Gasteiger partial charge in [0.25, 0.3) is 0 Å². The van der Waals surface area contributed by atoms with Gasteiger partial charge in [0.05, 0.1) is 12.1 Å². The predicted octanol–water partition coefficient (Wildman–Crippen LogP) is 4.81. The number of alkyl halides is 3. The number of rotatable bonds is 4. The molecule has 4 rings (SSSR count). The summed E-state index contributed by atoms with van der Waals surface area (Å²) in [5.41, 5.74) is 3.62. The number of H-pyrrole nitrogens is 1. The van der Waals surface area contributed by atoms with E-state index in [-0.39, 0.29) is 5.78 Å². The lowest BCUT2D eigenvalue weighted by Crippen LogP contribution is -2.48. The van der Waals surface area contributed by atoms with Crippen molar-refractivity contribution in [2.24, 2.45) is 0 Å². The van der Waals surface area contributed by atoms with Crippen molar-refractivity contribution in [3.05, 3.63) is 64.8 Å². The minimum Gasteiger partial charge on any atom is -0.369 e. The second kappa shape index (κ2) is 7.80. The zero-order chi connectivity index (χ0) is 21.5. The minimum absolute atomic E-state index is 0.0649. The van der Waals surface area contributed by atoms with E-state index in [0.29, 0.717) is 38.4 Å². The number of anilines is 1. The Labute approximate surface area is 173 Å². The first kappa shape index (κ1) is 20.5. The van der Waals surface area contributed by atoms with Crippen LogP contribution in [0.3, 0.4) is 0 Å². The molecule has 0 saturated carbocycles. The lowest BCUT2D eigenvalue weighted by atomic mass is 10.0. The molecule has 1 aliphatic rings. The number of nitrogens with one attached hydrogen (secondary N) is 1. The Balaban J connectivity index is 1.42. The number of aryl methyl sites for hydroxylation is 2. The predicted molar refractivity (Wildman–Crippen MR) is 112 cm³/mol. The first-order valence-electron chi connectivity index (χ1n) is 9.99. The second-order valence-electron chi connectivity index (χ2n) is 7.91. The summed E-state index contributed by atoms with van der Waals surface area (Å²) < 4.78 is 38.9. The number of carbonyl (C=O) groups excluding carboxylic acids is 1. The van der Waals surface area contributed by atoms with Gasteiger partial charge in [0, 0.05) is 54.0 Å². The van der Waals surface area contributed by atoms with E-state index in [9.17, 15) is 18.0 Å². The van der Waals surface area contributed by atoms with Crippen LogP contribution in [0, 0.1) is 13.8 Å². The van der Waals surface area contributed by atoms with Crippen LogP contribution in [0.4, 0.5) is 18.9 Å². The fourth-order valence-corrected chi connectivity index (χ4v) is 4.13. The van der Waals surface area contributed by atoms with E-state index < -0.39 is 11.7 Å². The summed E-state index contributed by atoms with van der Waals surface area (Å²) in [6.07, 6.45) is -4.35. The third-order valence-electron chi connectivity index (χ3n) is 5.70. The SMILES string of the molecule is Cc1ccc2c(C(=O)CN3CCN(c4cccc(C(F)(F)F)c4)CC3)c(C)[nH]c2c1. The monoisotopic (exact) mass is 415 g/mol. The van der Waals surface area contributed by atoms with Crippen molar-refractivity contribution in [3.63, 3.8) is 0 Å². The van der Waals surface area contributed by atoms with Gasteiger partial charge in [-0.3, -0.25) is 9.69 Å². The summed E-state index contributed by atoms with van der Waals surface area (Å²) in [6, 6.07) is 11.4. The van der Waals surface area contributed by atoms with Gasteiger partial charge in [-0.25, -0.2) is 0 Å². The number of hydrogen-bond donors (Lipinski definition) is 1. The maximum atomic E-state index is 13.0. The maximum Gasteiger partial charge on any atom is 0.416 e. The Morgan fingerprint density at radius 3 is 2.47 bits per heavy atom. The van der Waals surface area contributed by atoms with Crippen molar-refractivity contribution in [1.82, 2.24) is 9.88 Å². The Kier molecular flexibility index (Phi) is 5.32. The lowest BCUT2D eigenvalue weighted by molar-refractivity contribution is -0.137. The van der Waals surface area contributed by atoms with Gasteiger partial charge in [-0.1, -0.05) is 18.2 Å². The van der Waals surface area contributed by atoms with Crippen molar-refractivity contribution in [3.8, 4) is 0 Å². The third-order valence-corrected chi connectivity index (χ3v) is 5.70. The molecule has 2 aromatic carbocycles. The number of nitrogens with zero attached hydrogens (tertiary/aromatic N) is 2. The Morgan fingerprint density at radius 1 is 1.03 bits per heavy atom. The van der Waals surface area contributed by atoms with Gasteiger partial charge in [-0.05, 0) is 43.7 Å². The van der Waals surface area contributed by atoms with Crippen LogP contribution >= 0.6 is 0 Å². The number of benzene rings is 2. The summed E-state index contributed by atoms with van der Waals surface area (Å²) in [6.45, 7) is 6.65. The maximum absolute atomic E-state index is 13.0. The molecule has 30 heavy (non-hydrogen) atoms. The van der Waals surface area contributed by atoms with E-state index in [1.165, 1.54) is 12.1 Å². The highest BCUT2D eigenvalue weighted by atomic mass is 19.4. The van der Waals surface area contributed by atoms with Gasteiger partial charge in [-0.2, -0.15) is 13.2 Å².